The van der Waals surface area contributed by atoms with E-state index in [4.69, 9.17) is 5.73 Å². The minimum atomic E-state index is -2.70. The van der Waals surface area contributed by atoms with Crippen molar-refractivity contribution in [3.63, 3.8) is 0 Å². The number of carbonyl (C=O) groups is 4. The van der Waals surface area contributed by atoms with Gasteiger partial charge in [0, 0.05) is 30.1 Å². The van der Waals surface area contributed by atoms with E-state index in [0.29, 0.717) is 35.3 Å². The van der Waals surface area contributed by atoms with Crippen molar-refractivity contribution < 1.29 is 39.6 Å². The van der Waals surface area contributed by atoms with Crippen LogP contribution in [0.25, 0.3) is 16.9 Å². The van der Waals surface area contributed by atoms with Gasteiger partial charge in [-0.25, -0.2) is 0 Å². The van der Waals surface area contributed by atoms with Gasteiger partial charge >= 0.3 is 0 Å². The lowest BCUT2D eigenvalue weighted by Crippen LogP contribution is -2.65. The first-order valence-electron chi connectivity index (χ1n) is 15.4. The SMILES string of the molecule is CCN(CC)CCNC(=O)c1cccc(-c2ccc(O)c3c2C[C@H]2C[C@H]4C(N(C)C)C(=O)C(C(N)=O)=C(O)[C@@]4(O)C(=O)C2=C3O)c1. The largest absolute Gasteiger partial charge is 0.508 e. The van der Waals surface area contributed by atoms with Crippen LogP contribution in [0.2, 0.25) is 0 Å². The highest BCUT2D eigenvalue weighted by Gasteiger charge is 2.64. The van der Waals surface area contributed by atoms with Gasteiger partial charge in [-0.05, 0) is 80.8 Å². The van der Waals surface area contributed by atoms with Gasteiger partial charge in [-0.1, -0.05) is 32.0 Å². The van der Waals surface area contributed by atoms with Crippen LogP contribution in [0.3, 0.4) is 0 Å². The number of aromatic hydroxyl groups is 1. The lowest BCUT2D eigenvalue weighted by molar-refractivity contribution is -0.153. The Morgan fingerprint density at radius 2 is 1.76 bits per heavy atom. The van der Waals surface area contributed by atoms with Crippen LogP contribution >= 0.6 is 0 Å². The standard InChI is InChI=1S/C34H40N4O8/c1-5-38(6-2)13-12-36-33(45)18-9-7-8-17(14-18)20-10-11-23(39)25-21(20)15-19-16-22-27(37(3)4)29(41)26(32(35)44)31(43)34(22,46)30(42)24(19)28(25)40/h7-11,14,19,22,27,39-40,43,46H,5-6,12-13,15-16H2,1-4H3,(H2,35,44)(H,36,45)/t19-,22-,27?,34-/m0/s1. The summed E-state index contributed by atoms with van der Waals surface area (Å²) in [6.07, 6.45) is 0.119. The van der Waals surface area contributed by atoms with Crippen LogP contribution in [-0.2, 0) is 20.8 Å². The summed E-state index contributed by atoms with van der Waals surface area (Å²) in [6.45, 7) is 7.06. The summed E-state index contributed by atoms with van der Waals surface area (Å²) in [5, 5.41) is 48.2. The van der Waals surface area contributed by atoms with E-state index in [1.54, 1.807) is 44.4 Å². The van der Waals surface area contributed by atoms with Crippen LogP contribution in [0.1, 0.15) is 41.8 Å². The molecule has 3 aliphatic rings. The lowest BCUT2D eigenvalue weighted by Gasteiger charge is -2.50. The highest BCUT2D eigenvalue weighted by Crippen LogP contribution is 2.53. The molecule has 2 amide bonds. The quantitative estimate of drug-likeness (QED) is 0.222. The number of aliphatic hydroxyl groups is 3. The number of nitrogens with one attached hydrogen (secondary N) is 1. The zero-order valence-corrected chi connectivity index (χ0v) is 26.3. The maximum absolute atomic E-state index is 14.1. The van der Waals surface area contributed by atoms with Crippen LogP contribution in [0.5, 0.6) is 5.75 Å². The number of benzene rings is 2. The zero-order chi connectivity index (χ0) is 33.7. The molecule has 1 fully saturated rings. The molecule has 12 nitrogen and oxygen atoms in total. The second-order valence-electron chi connectivity index (χ2n) is 12.3. The summed E-state index contributed by atoms with van der Waals surface area (Å²) >= 11 is 0. The molecule has 0 spiro atoms. The first-order valence-corrected chi connectivity index (χ1v) is 15.4. The topological polar surface area (TPSA) is 194 Å². The third kappa shape index (κ3) is 5.16. The monoisotopic (exact) mass is 632 g/mol. The van der Waals surface area contributed by atoms with E-state index < -0.39 is 58.0 Å². The predicted molar refractivity (Wildman–Crippen MR) is 170 cm³/mol. The number of aliphatic hydroxyl groups excluding tert-OH is 2. The fraction of sp³-hybridized carbons (Fsp3) is 0.412. The summed E-state index contributed by atoms with van der Waals surface area (Å²) < 4.78 is 0. The van der Waals surface area contributed by atoms with Gasteiger partial charge < -0.3 is 36.4 Å². The summed E-state index contributed by atoms with van der Waals surface area (Å²) in [5.74, 6) is -7.30. The minimum absolute atomic E-state index is 0.0112. The van der Waals surface area contributed by atoms with Gasteiger partial charge in [-0.2, -0.15) is 0 Å². The molecule has 0 aliphatic heterocycles. The summed E-state index contributed by atoms with van der Waals surface area (Å²) in [7, 11) is 3.10. The molecule has 2 aromatic rings. The molecule has 0 heterocycles. The Labute approximate surface area is 266 Å². The van der Waals surface area contributed by atoms with Gasteiger partial charge in [0.2, 0.25) is 5.78 Å². The van der Waals surface area contributed by atoms with Gasteiger partial charge in [0.15, 0.2) is 11.4 Å². The van der Waals surface area contributed by atoms with Crippen molar-refractivity contribution in [2.75, 3.05) is 40.3 Å². The van der Waals surface area contributed by atoms with Crippen LogP contribution in [-0.4, -0.2) is 106 Å². The normalized spacial score (nSPS) is 24.2. The number of fused-ring (bicyclic) bond motifs is 3. The molecule has 7 N–H and O–H groups in total. The van der Waals surface area contributed by atoms with E-state index in [2.05, 4.69) is 24.1 Å². The van der Waals surface area contributed by atoms with Gasteiger partial charge in [0.25, 0.3) is 11.8 Å². The van der Waals surface area contributed by atoms with Gasteiger partial charge in [0.05, 0.1) is 11.6 Å². The van der Waals surface area contributed by atoms with E-state index in [1.807, 2.05) is 0 Å². The number of ketones is 2. The number of rotatable bonds is 9. The van der Waals surface area contributed by atoms with Crippen LogP contribution in [0, 0.1) is 11.8 Å². The molecular formula is C34H40N4O8. The smallest absolute Gasteiger partial charge is 0.255 e. The number of nitrogens with two attached hydrogens (primary N) is 1. The fourth-order valence-corrected chi connectivity index (χ4v) is 7.31. The summed E-state index contributed by atoms with van der Waals surface area (Å²) in [6, 6.07) is 8.83. The van der Waals surface area contributed by atoms with Crippen molar-refractivity contribution in [1.82, 2.24) is 15.1 Å². The molecule has 46 heavy (non-hydrogen) atoms. The number of phenols is 1. The fourth-order valence-electron chi connectivity index (χ4n) is 7.31. The molecule has 0 bridgehead atoms. The molecule has 2 aromatic carbocycles. The second kappa shape index (κ2) is 12.3. The van der Waals surface area contributed by atoms with Crippen molar-refractivity contribution >= 4 is 29.1 Å². The van der Waals surface area contributed by atoms with Crippen LogP contribution in [0.4, 0.5) is 0 Å². The number of primary amides is 1. The van der Waals surface area contributed by atoms with Crippen molar-refractivity contribution in [3.05, 3.63) is 70.0 Å². The molecule has 0 aromatic heterocycles. The first-order chi connectivity index (χ1) is 21.8. The Hall–Kier alpha value is -4.52. The molecule has 0 saturated heterocycles. The molecule has 244 valence electrons. The molecule has 1 saturated carbocycles. The molecular weight excluding hydrogens is 592 g/mol. The Morgan fingerprint density at radius 1 is 1.07 bits per heavy atom. The molecule has 5 rings (SSSR count). The Bertz CT molecular complexity index is 1690. The lowest BCUT2D eigenvalue weighted by atomic mass is 9.57. The van der Waals surface area contributed by atoms with Gasteiger partial charge in [-0.15, -0.1) is 0 Å². The van der Waals surface area contributed by atoms with E-state index in [0.717, 1.165) is 13.1 Å². The molecule has 3 aliphatic carbocycles. The number of likely N-dealkylation sites (N-methyl/N-ethyl adjacent to an activating group) is 2. The third-order valence-electron chi connectivity index (χ3n) is 9.65. The number of carbonyl (C=O) groups excluding carboxylic acids is 4. The highest BCUT2D eigenvalue weighted by molar-refractivity contribution is 6.24. The highest BCUT2D eigenvalue weighted by atomic mass is 16.3. The molecule has 1 unspecified atom stereocenters. The number of phenolic OH excluding ortho intramolecular Hbond substituents is 1. The second-order valence-corrected chi connectivity index (χ2v) is 12.3. The average Bonchev–Trinajstić information content (AvgIpc) is 3.01. The van der Waals surface area contributed by atoms with Crippen molar-refractivity contribution in [1.29, 1.82) is 0 Å². The zero-order valence-electron chi connectivity index (χ0n) is 26.3. The number of hydrogen-bond donors (Lipinski definition) is 6. The number of hydrogen-bond acceptors (Lipinski definition) is 10. The van der Waals surface area contributed by atoms with E-state index in [1.165, 1.54) is 11.0 Å². The Balaban J connectivity index is 1.57. The van der Waals surface area contributed by atoms with Crippen molar-refractivity contribution in [2.24, 2.45) is 17.6 Å². The Kier molecular flexibility index (Phi) is 8.82. The van der Waals surface area contributed by atoms with Crippen LogP contribution < -0.4 is 11.1 Å². The number of nitrogens with zero attached hydrogens (tertiary/aromatic N) is 2. The van der Waals surface area contributed by atoms with Gasteiger partial charge in [-0.3, -0.25) is 24.1 Å². The maximum Gasteiger partial charge on any atom is 0.255 e. The minimum Gasteiger partial charge on any atom is -0.508 e. The molecule has 12 heteroatoms. The van der Waals surface area contributed by atoms with Gasteiger partial charge in [0.1, 0.15) is 22.8 Å². The predicted octanol–water partition coefficient (Wildman–Crippen LogP) is 1.70. The van der Waals surface area contributed by atoms with E-state index >= 15 is 0 Å². The summed E-state index contributed by atoms with van der Waals surface area (Å²) in [4.78, 5) is 56.3. The number of amides is 2. The maximum atomic E-state index is 14.1. The first kappa shape index (κ1) is 32.9. The molecule has 0 radical (unpaired) electrons. The molecule has 4 atom stereocenters. The summed E-state index contributed by atoms with van der Waals surface area (Å²) in [5.41, 5.74) is 3.80. The van der Waals surface area contributed by atoms with Crippen LogP contribution in [0.15, 0.2) is 53.3 Å². The third-order valence-corrected chi connectivity index (χ3v) is 9.65. The number of Topliss-reactive ketones (excluding diaryl/α,β-unsaturated/α-hetero) is 2. The Morgan fingerprint density at radius 3 is 2.39 bits per heavy atom. The average molecular weight is 633 g/mol. The van der Waals surface area contributed by atoms with E-state index in [9.17, 15) is 39.6 Å². The van der Waals surface area contributed by atoms with Crippen molar-refractivity contribution in [2.45, 2.75) is 38.3 Å². The van der Waals surface area contributed by atoms with Crippen molar-refractivity contribution in [3.8, 4) is 16.9 Å². The van der Waals surface area contributed by atoms with E-state index in [-0.39, 0.29) is 35.6 Å².